The minimum atomic E-state index is -0.852. The summed E-state index contributed by atoms with van der Waals surface area (Å²) in [5, 5.41) is 18.3. The van der Waals surface area contributed by atoms with Crippen molar-refractivity contribution in [2.75, 3.05) is 29.6 Å². The predicted octanol–water partition coefficient (Wildman–Crippen LogP) is 3.64. The SMILES string of the molecule is CC(CCSCCSCCO)(C(=O)O)c1cccc(Br)c1. The van der Waals surface area contributed by atoms with Gasteiger partial charge in [-0.2, -0.15) is 23.5 Å². The van der Waals surface area contributed by atoms with E-state index in [0.29, 0.717) is 6.42 Å². The third-order valence-electron chi connectivity index (χ3n) is 3.29. The topological polar surface area (TPSA) is 57.5 Å². The molecule has 0 aliphatic carbocycles. The molecular formula is C15H21BrO3S2. The number of carboxylic acids is 1. The van der Waals surface area contributed by atoms with Gasteiger partial charge in [0.1, 0.15) is 0 Å². The largest absolute Gasteiger partial charge is 0.481 e. The van der Waals surface area contributed by atoms with Crippen molar-refractivity contribution >= 4 is 45.4 Å². The lowest BCUT2D eigenvalue weighted by Gasteiger charge is -2.25. The molecule has 1 aromatic rings. The fraction of sp³-hybridized carbons (Fsp3) is 0.533. The van der Waals surface area contributed by atoms with E-state index >= 15 is 0 Å². The first-order valence-electron chi connectivity index (χ1n) is 6.76. The molecule has 0 bridgehead atoms. The summed E-state index contributed by atoms with van der Waals surface area (Å²) in [7, 11) is 0. The van der Waals surface area contributed by atoms with E-state index in [4.69, 9.17) is 5.11 Å². The van der Waals surface area contributed by atoms with Crippen molar-refractivity contribution in [1.82, 2.24) is 0 Å². The summed E-state index contributed by atoms with van der Waals surface area (Å²) in [5.41, 5.74) is -0.0192. The third-order valence-corrected chi connectivity index (χ3v) is 5.99. The quantitative estimate of drug-likeness (QED) is 0.595. The summed E-state index contributed by atoms with van der Waals surface area (Å²) >= 11 is 6.89. The molecule has 6 heteroatoms. The Morgan fingerprint density at radius 3 is 2.48 bits per heavy atom. The van der Waals surface area contributed by atoms with Gasteiger partial charge in [0.05, 0.1) is 12.0 Å². The molecule has 0 heterocycles. The van der Waals surface area contributed by atoms with Gasteiger partial charge in [0, 0.05) is 21.7 Å². The fourth-order valence-corrected chi connectivity index (χ4v) is 4.30. The molecule has 0 saturated carbocycles. The molecule has 1 rings (SSSR count). The van der Waals surface area contributed by atoms with E-state index < -0.39 is 11.4 Å². The molecule has 0 aliphatic rings. The smallest absolute Gasteiger partial charge is 0.313 e. The Labute approximate surface area is 143 Å². The Bertz CT molecular complexity index is 456. The molecule has 1 aromatic carbocycles. The zero-order valence-corrected chi connectivity index (χ0v) is 15.3. The average molecular weight is 393 g/mol. The Hall–Kier alpha value is -0.170. The van der Waals surface area contributed by atoms with Crippen LogP contribution in [-0.4, -0.2) is 45.8 Å². The first-order chi connectivity index (χ1) is 10.0. The highest BCUT2D eigenvalue weighted by molar-refractivity contribution is 9.10. The maximum atomic E-state index is 11.7. The van der Waals surface area contributed by atoms with E-state index in [2.05, 4.69) is 15.9 Å². The maximum Gasteiger partial charge on any atom is 0.313 e. The second-order valence-corrected chi connectivity index (χ2v) is 8.21. The van der Waals surface area contributed by atoms with Gasteiger partial charge >= 0.3 is 5.97 Å². The second kappa shape index (κ2) is 9.77. The van der Waals surface area contributed by atoms with Gasteiger partial charge in [0.15, 0.2) is 0 Å². The van der Waals surface area contributed by atoms with Crippen LogP contribution in [-0.2, 0) is 10.2 Å². The molecule has 1 unspecified atom stereocenters. The van der Waals surface area contributed by atoms with E-state index in [1.54, 1.807) is 30.4 Å². The zero-order valence-electron chi connectivity index (χ0n) is 12.0. The van der Waals surface area contributed by atoms with Gasteiger partial charge in [-0.3, -0.25) is 4.79 Å². The normalized spacial score (nSPS) is 13.9. The Kier molecular flexibility index (Phi) is 8.78. The highest BCUT2D eigenvalue weighted by atomic mass is 79.9. The van der Waals surface area contributed by atoms with Crippen LogP contribution in [0.15, 0.2) is 28.7 Å². The molecule has 118 valence electrons. The van der Waals surface area contributed by atoms with Crippen LogP contribution >= 0.6 is 39.5 Å². The summed E-state index contributed by atoms with van der Waals surface area (Å²) in [6.07, 6.45) is 0.605. The number of hydrogen-bond donors (Lipinski definition) is 2. The van der Waals surface area contributed by atoms with E-state index in [0.717, 1.165) is 33.0 Å². The Balaban J connectivity index is 2.52. The lowest BCUT2D eigenvalue weighted by atomic mass is 9.80. The van der Waals surface area contributed by atoms with E-state index in [1.807, 2.05) is 24.3 Å². The van der Waals surface area contributed by atoms with Crippen LogP contribution in [0.25, 0.3) is 0 Å². The van der Waals surface area contributed by atoms with Gasteiger partial charge in [-0.1, -0.05) is 28.1 Å². The highest BCUT2D eigenvalue weighted by Crippen LogP contribution is 2.31. The predicted molar refractivity (Wildman–Crippen MR) is 95.5 cm³/mol. The number of thioether (sulfide) groups is 2. The molecule has 0 aromatic heterocycles. The first-order valence-corrected chi connectivity index (χ1v) is 9.86. The molecule has 0 aliphatic heterocycles. The van der Waals surface area contributed by atoms with Gasteiger partial charge in [-0.05, 0) is 36.8 Å². The number of hydrogen-bond acceptors (Lipinski definition) is 4. The van der Waals surface area contributed by atoms with Crippen LogP contribution in [0.2, 0.25) is 0 Å². The van der Waals surface area contributed by atoms with Crippen LogP contribution < -0.4 is 0 Å². The van der Waals surface area contributed by atoms with E-state index in [-0.39, 0.29) is 6.61 Å². The van der Waals surface area contributed by atoms with Crippen molar-refractivity contribution in [2.24, 2.45) is 0 Å². The maximum absolute atomic E-state index is 11.7. The highest BCUT2D eigenvalue weighted by Gasteiger charge is 2.34. The summed E-state index contributed by atoms with van der Waals surface area (Å²) in [6.45, 7) is 2.01. The van der Waals surface area contributed by atoms with Crippen molar-refractivity contribution < 1.29 is 15.0 Å². The van der Waals surface area contributed by atoms with Crippen molar-refractivity contribution in [1.29, 1.82) is 0 Å². The summed E-state index contributed by atoms with van der Waals surface area (Å²) < 4.78 is 0.903. The third kappa shape index (κ3) is 6.22. The van der Waals surface area contributed by atoms with Crippen LogP contribution in [0.3, 0.4) is 0 Å². The molecule has 0 amide bonds. The first kappa shape index (κ1) is 18.9. The number of carboxylic acid groups (broad SMARTS) is 1. The number of benzene rings is 1. The van der Waals surface area contributed by atoms with Crippen LogP contribution in [0.1, 0.15) is 18.9 Å². The second-order valence-electron chi connectivity index (χ2n) is 4.85. The van der Waals surface area contributed by atoms with Crippen LogP contribution in [0.4, 0.5) is 0 Å². The summed E-state index contributed by atoms with van der Waals surface area (Å²) in [4.78, 5) is 11.7. The number of carbonyl (C=O) groups is 1. The van der Waals surface area contributed by atoms with Crippen LogP contribution in [0.5, 0.6) is 0 Å². The molecular weight excluding hydrogens is 372 g/mol. The fourth-order valence-electron chi connectivity index (χ4n) is 1.87. The molecule has 0 radical (unpaired) electrons. The number of aliphatic hydroxyl groups is 1. The minimum absolute atomic E-state index is 0.218. The minimum Gasteiger partial charge on any atom is -0.481 e. The molecule has 3 nitrogen and oxygen atoms in total. The Morgan fingerprint density at radius 2 is 1.90 bits per heavy atom. The average Bonchev–Trinajstić information content (AvgIpc) is 2.46. The number of aliphatic carboxylic acids is 1. The molecule has 0 saturated heterocycles. The van der Waals surface area contributed by atoms with Crippen LogP contribution in [0, 0.1) is 0 Å². The van der Waals surface area contributed by atoms with Crippen molar-refractivity contribution in [3.63, 3.8) is 0 Å². The van der Waals surface area contributed by atoms with Gasteiger partial charge in [-0.15, -0.1) is 0 Å². The summed E-state index contributed by atoms with van der Waals surface area (Å²) in [5.74, 6) is 2.78. The lowest BCUT2D eigenvalue weighted by Crippen LogP contribution is -2.33. The van der Waals surface area contributed by atoms with Crippen molar-refractivity contribution in [3.8, 4) is 0 Å². The number of aliphatic hydroxyl groups excluding tert-OH is 1. The molecule has 1 atom stereocenters. The molecule has 0 fully saturated rings. The molecule has 21 heavy (non-hydrogen) atoms. The van der Waals surface area contributed by atoms with Gasteiger partial charge in [0.2, 0.25) is 0 Å². The summed E-state index contributed by atoms with van der Waals surface area (Å²) in [6, 6.07) is 7.54. The molecule has 2 N–H and O–H groups in total. The lowest BCUT2D eigenvalue weighted by molar-refractivity contribution is -0.143. The number of rotatable bonds is 10. The molecule has 0 spiro atoms. The van der Waals surface area contributed by atoms with E-state index in [1.165, 1.54) is 0 Å². The monoisotopic (exact) mass is 392 g/mol. The Morgan fingerprint density at radius 1 is 1.24 bits per heavy atom. The van der Waals surface area contributed by atoms with Gasteiger partial charge in [-0.25, -0.2) is 0 Å². The standard InChI is InChI=1S/C15H21BrO3S2/c1-15(14(18)19,12-3-2-4-13(16)11-12)5-7-20-9-10-21-8-6-17/h2-4,11,17H,5-10H2,1H3,(H,18,19). The van der Waals surface area contributed by atoms with Crippen molar-refractivity contribution in [3.05, 3.63) is 34.3 Å². The van der Waals surface area contributed by atoms with Crippen molar-refractivity contribution in [2.45, 2.75) is 18.8 Å². The van der Waals surface area contributed by atoms with Gasteiger partial charge in [0.25, 0.3) is 0 Å². The van der Waals surface area contributed by atoms with E-state index in [9.17, 15) is 9.90 Å². The van der Waals surface area contributed by atoms with Gasteiger partial charge < -0.3 is 10.2 Å². The number of halogens is 1. The zero-order chi connectivity index (χ0) is 15.7.